The molecule has 0 aliphatic heterocycles. The summed E-state index contributed by atoms with van der Waals surface area (Å²) in [5.74, 6) is 0. The van der Waals surface area contributed by atoms with E-state index in [0.717, 1.165) is 0 Å². The van der Waals surface area contributed by atoms with E-state index in [2.05, 4.69) is 52.4 Å². The van der Waals surface area contributed by atoms with Gasteiger partial charge in [-0.25, -0.2) is 0 Å². The Morgan fingerprint density at radius 2 is 1.62 bits per heavy atom. The van der Waals surface area contributed by atoms with Crippen LogP contribution in [-0.4, -0.2) is 16.0 Å². The molecule has 0 atom stereocenters. The van der Waals surface area contributed by atoms with E-state index in [4.69, 9.17) is 0 Å². The van der Waals surface area contributed by atoms with Crippen LogP contribution in [0.1, 0.15) is 0 Å². The third-order valence-corrected chi connectivity index (χ3v) is 2.75. The average Bonchev–Trinajstić information content (AvgIpc) is 2.20. The summed E-state index contributed by atoms with van der Waals surface area (Å²) in [6, 6.07) is 19.4. The Kier molecular flexibility index (Phi) is 2.49. The number of hydrogen-bond donors (Lipinski definition) is 0. The van der Waals surface area contributed by atoms with Gasteiger partial charge in [-0.3, -0.25) is 0 Å². The topological polar surface area (TPSA) is 0 Å². The second-order valence-electron chi connectivity index (χ2n) is 2.81. The van der Waals surface area contributed by atoms with Gasteiger partial charge in [0.25, 0.3) is 0 Å². The van der Waals surface area contributed by atoms with E-state index < -0.39 is 0 Å². The van der Waals surface area contributed by atoms with Crippen LogP contribution in [0.15, 0.2) is 48.5 Å². The summed E-state index contributed by atoms with van der Waals surface area (Å²) in [6.45, 7) is 0. The molecule has 63 valence electrons. The van der Waals surface area contributed by atoms with Crippen LogP contribution in [0.4, 0.5) is 0 Å². The number of benzene rings is 2. The zero-order valence-electron chi connectivity index (χ0n) is 7.07. The summed E-state index contributed by atoms with van der Waals surface area (Å²) in [5, 5.41) is 0. The van der Waals surface area contributed by atoms with Crippen LogP contribution in [-0.2, 0) is 0 Å². The molecule has 0 fully saturated rings. The van der Waals surface area contributed by atoms with Crippen molar-refractivity contribution in [2.45, 2.75) is 0 Å². The van der Waals surface area contributed by atoms with Gasteiger partial charge < -0.3 is 0 Å². The van der Waals surface area contributed by atoms with Crippen LogP contribution in [0.5, 0.6) is 0 Å². The predicted octanol–water partition coefficient (Wildman–Crippen LogP) is 1.68. The van der Waals surface area contributed by atoms with Gasteiger partial charge in [0.1, 0.15) is 0 Å². The molecule has 0 nitrogen and oxygen atoms in total. The molecule has 0 saturated heterocycles. The first-order valence-corrected chi connectivity index (χ1v) is 5.06. The summed E-state index contributed by atoms with van der Waals surface area (Å²) in [6.07, 6.45) is 0. The van der Waals surface area contributed by atoms with Crippen molar-refractivity contribution in [1.29, 1.82) is 0 Å². The Labute approximate surface area is 86.4 Å². The Balaban J connectivity index is 2.54. The van der Waals surface area contributed by atoms with Gasteiger partial charge in [0.2, 0.25) is 0 Å². The Morgan fingerprint density at radius 1 is 0.923 bits per heavy atom. The molecule has 1 radical (unpaired) electrons. The van der Waals surface area contributed by atoms with E-state index in [1.54, 1.807) is 0 Å². The third kappa shape index (κ3) is 1.82. The molecule has 0 heterocycles. The van der Waals surface area contributed by atoms with Gasteiger partial charge in [-0.05, 0) is 0 Å². The van der Waals surface area contributed by atoms with Gasteiger partial charge in [-0.15, -0.1) is 0 Å². The Hall–Kier alpha value is -1.04. The summed E-state index contributed by atoms with van der Waals surface area (Å²) in [7, 11) is 0. The Bertz CT molecular complexity index is 393. The quantitative estimate of drug-likeness (QED) is 0.656. The van der Waals surface area contributed by atoms with Gasteiger partial charge in [0, 0.05) is 0 Å². The van der Waals surface area contributed by atoms with Crippen molar-refractivity contribution in [2.75, 3.05) is 0 Å². The predicted molar refractivity (Wildman–Crippen MR) is 57.5 cm³/mol. The molecule has 13 heavy (non-hydrogen) atoms. The molecular weight excluding hydrogens is 223 g/mol. The fourth-order valence-electron chi connectivity index (χ4n) is 1.28. The average molecular weight is 232 g/mol. The van der Waals surface area contributed by atoms with Crippen LogP contribution < -0.4 is 4.46 Å². The van der Waals surface area contributed by atoms with Gasteiger partial charge in [-0.1, -0.05) is 0 Å². The van der Waals surface area contributed by atoms with Crippen LogP contribution >= 0.6 is 0 Å². The van der Waals surface area contributed by atoms with Crippen LogP contribution in [0.25, 0.3) is 11.1 Å². The van der Waals surface area contributed by atoms with Crippen LogP contribution in [0, 0.1) is 6.07 Å². The van der Waals surface area contributed by atoms with Crippen molar-refractivity contribution in [3.63, 3.8) is 0 Å². The molecule has 0 aliphatic rings. The van der Waals surface area contributed by atoms with E-state index in [1.807, 2.05) is 18.2 Å². The van der Waals surface area contributed by atoms with E-state index in [-0.39, 0.29) is 0 Å². The second-order valence-corrected chi connectivity index (χ2v) is 3.82. The van der Waals surface area contributed by atoms with E-state index in [1.165, 1.54) is 15.6 Å². The monoisotopic (exact) mass is 233 g/mol. The molecular formula is C12H9Se. The first-order valence-electron chi connectivity index (χ1n) is 4.12. The minimum atomic E-state index is 1.25. The molecule has 2 rings (SSSR count). The maximum atomic E-state index is 3.02. The first-order chi connectivity index (χ1) is 6.38. The second kappa shape index (κ2) is 3.78. The van der Waals surface area contributed by atoms with Crippen molar-refractivity contribution in [1.82, 2.24) is 0 Å². The molecule has 0 aromatic heterocycles. The molecule has 0 saturated carbocycles. The molecule has 0 spiro atoms. The first kappa shape index (κ1) is 8.55. The fourth-order valence-corrected chi connectivity index (χ4v) is 1.89. The normalized spacial score (nSPS) is 9.92. The maximum absolute atomic E-state index is 3.02. The van der Waals surface area contributed by atoms with Crippen molar-refractivity contribution in [3.8, 4) is 11.1 Å². The molecule has 0 aliphatic carbocycles. The van der Waals surface area contributed by atoms with Crippen LogP contribution in [0.3, 0.4) is 0 Å². The van der Waals surface area contributed by atoms with E-state index in [0.29, 0.717) is 0 Å². The van der Waals surface area contributed by atoms with Gasteiger partial charge in [0.15, 0.2) is 0 Å². The Morgan fingerprint density at radius 3 is 2.31 bits per heavy atom. The minimum absolute atomic E-state index is 1.25. The van der Waals surface area contributed by atoms with Gasteiger partial charge >= 0.3 is 86.2 Å². The van der Waals surface area contributed by atoms with Crippen molar-refractivity contribution < 1.29 is 0 Å². The van der Waals surface area contributed by atoms with Crippen molar-refractivity contribution >= 4 is 20.5 Å². The van der Waals surface area contributed by atoms with E-state index >= 15 is 0 Å². The number of hydrogen-bond acceptors (Lipinski definition) is 0. The third-order valence-electron chi connectivity index (χ3n) is 1.93. The molecule has 2 aromatic rings. The summed E-state index contributed by atoms with van der Waals surface area (Å²) in [4.78, 5) is 0. The van der Waals surface area contributed by atoms with E-state index in [9.17, 15) is 0 Å². The molecule has 1 heteroatoms. The van der Waals surface area contributed by atoms with Gasteiger partial charge in [-0.2, -0.15) is 0 Å². The van der Waals surface area contributed by atoms with Crippen LogP contribution in [0.2, 0.25) is 0 Å². The summed E-state index contributed by atoms with van der Waals surface area (Å²) < 4.78 is 1.25. The number of rotatable bonds is 1. The molecule has 0 bridgehead atoms. The zero-order valence-corrected chi connectivity index (χ0v) is 8.94. The molecule has 0 N–H and O–H groups in total. The molecule has 2 aromatic carbocycles. The molecule has 0 unspecified atom stereocenters. The molecule has 0 amide bonds. The standard InChI is InChI=1S/C12H9Se/c13-12-9-5-4-8-11(12)10-6-2-1-3-7-10/h2-9,13H. The fraction of sp³-hybridized carbons (Fsp3) is 0. The summed E-state index contributed by atoms with van der Waals surface area (Å²) >= 11 is 2.59. The SMILES string of the molecule is [SeH]c1ccccc1-c1cc[c]cc1. The van der Waals surface area contributed by atoms with Crippen molar-refractivity contribution in [2.24, 2.45) is 0 Å². The summed E-state index contributed by atoms with van der Waals surface area (Å²) in [5.41, 5.74) is 2.52. The van der Waals surface area contributed by atoms with Crippen molar-refractivity contribution in [3.05, 3.63) is 54.6 Å². The van der Waals surface area contributed by atoms with Gasteiger partial charge in [0.05, 0.1) is 0 Å². The zero-order chi connectivity index (χ0) is 9.10.